The lowest BCUT2D eigenvalue weighted by atomic mass is 10.2. The summed E-state index contributed by atoms with van der Waals surface area (Å²) in [6, 6.07) is 13.4. The Morgan fingerprint density at radius 2 is 1.94 bits per heavy atom. The van der Waals surface area contributed by atoms with Gasteiger partial charge in [0.05, 0.1) is 4.91 Å². The van der Waals surface area contributed by atoms with Gasteiger partial charge in [0.25, 0.3) is 5.91 Å². The van der Waals surface area contributed by atoms with E-state index >= 15 is 0 Å². The molecule has 1 aliphatic heterocycles. The van der Waals surface area contributed by atoms with Gasteiger partial charge in [0, 0.05) is 30.1 Å². The lowest BCUT2D eigenvalue weighted by Gasteiger charge is -2.14. The summed E-state index contributed by atoms with van der Waals surface area (Å²) in [4.78, 5) is 26.5. The first-order chi connectivity index (χ1) is 15.3. The lowest BCUT2D eigenvalue weighted by molar-refractivity contribution is -0.124. The summed E-state index contributed by atoms with van der Waals surface area (Å²) >= 11 is 12.2. The summed E-state index contributed by atoms with van der Waals surface area (Å²) in [6.45, 7) is -2.30. The van der Waals surface area contributed by atoms with Crippen molar-refractivity contribution in [3.63, 3.8) is 0 Å². The van der Waals surface area contributed by atoms with Gasteiger partial charge in [-0.2, -0.15) is 8.78 Å². The Balaban J connectivity index is 1.52. The van der Waals surface area contributed by atoms with Gasteiger partial charge >= 0.3 is 6.61 Å². The van der Waals surface area contributed by atoms with Crippen LogP contribution in [0.15, 0.2) is 53.4 Å². The van der Waals surface area contributed by atoms with Crippen molar-refractivity contribution in [2.24, 2.45) is 0 Å². The number of hydrogen-bond acceptors (Lipinski definition) is 5. The average Bonchev–Trinajstić information content (AvgIpc) is 3.02. The first kappa shape index (κ1) is 24.2. The van der Waals surface area contributed by atoms with Crippen molar-refractivity contribution in [1.29, 1.82) is 0 Å². The van der Waals surface area contributed by atoms with Gasteiger partial charge in [-0.15, -0.1) is 0 Å². The molecular formula is C22H19ClF2N2O3S2. The minimum Gasteiger partial charge on any atom is -0.434 e. The number of thioether (sulfide) groups is 1. The molecule has 2 aromatic rings. The van der Waals surface area contributed by atoms with Crippen molar-refractivity contribution in [2.45, 2.75) is 26.0 Å². The third kappa shape index (κ3) is 6.75. The molecule has 168 valence electrons. The molecule has 2 amide bonds. The van der Waals surface area contributed by atoms with Crippen LogP contribution in [0.2, 0.25) is 5.02 Å². The van der Waals surface area contributed by atoms with Crippen LogP contribution in [0.5, 0.6) is 5.75 Å². The molecule has 2 aromatic carbocycles. The standard InChI is InChI=1S/C22H19ClF2N2O3S2/c23-16-9-7-14(8-10-16)13-26-19(28)6-3-11-27-20(29)18(32-22(27)31)12-15-4-1-2-5-17(15)30-21(24)25/h1-2,4-5,7-10,12,21H,3,6,11,13H2,(H,26,28)/b18-12-. The summed E-state index contributed by atoms with van der Waals surface area (Å²) in [5.74, 6) is -0.488. The third-order valence-corrected chi connectivity index (χ3v) is 6.11. The van der Waals surface area contributed by atoms with E-state index in [4.69, 9.17) is 23.8 Å². The zero-order valence-electron chi connectivity index (χ0n) is 16.7. The summed E-state index contributed by atoms with van der Waals surface area (Å²) in [5.41, 5.74) is 1.29. The molecule has 32 heavy (non-hydrogen) atoms. The maximum absolute atomic E-state index is 12.7. The van der Waals surface area contributed by atoms with Crippen LogP contribution in [0, 0.1) is 0 Å². The van der Waals surface area contributed by atoms with Crippen molar-refractivity contribution in [1.82, 2.24) is 10.2 Å². The van der Waals surface area contributed by atoms with E-state index in [1.165, 1.54) is 17.0 Å². The zero-order chi connectivity index (χ0) is 23.1. The fourth-order valence-corrected chi connectivity index (χ4v) is 4.35. The Morgan fingerprint density at radius 3 is 2.66 bits per heavy atom. The molecule has 0 spiro atoms. The molecule has 1 aliphatic rings. The number of nitrogens with one attached hydrogen (secondary N) is 1. The maximum Gasteiger partial charge on any atom is 0.387 e. The molecule has 1 N–H and O–H groups in total. The number of thiocarbonyl (C=S) groups is 1. The normalized spacial score (nSPS) is 15.0. The van der Waals surface area contributed by atoms with E-state index in [0.29, 0.717) is 32.8 Å². The van der Waals surface area contributed by atoms with Crippen LogP contribution in [0.25, 0.3) is 6.08 Å². The SMILES string of the molecule is O=C(CCCN1C(=O)/C(=C/c2ccccc2OC(F)F)SC1=S)NCc1ccc(Cl)cc1. The van der Waals surface area contributed by atoms with E-state index in [9.17, 15) is 18.4 Å². The second-order valence-corrected chi connectivity index (χ2v) is 8.87. The number of benzene rings is 2. The van der Waals surface area contributed by atoms with Gasteiger partial charge in [-0.1, -0.05) is 65.9 Å². The Morgan fingerprint density at radius 1 is 1.22 bits per heavy atom. The number of nitrogens with zero attached hydrogens (tertiary/aromatic N) is 1. The van der Waals surface area contributed by atoms with Gasteiger partial charge in [-0.25, -0.2) is 0 Å². The van der Waals surface area contributed by atoms with Gasteiger partial charge in [0.1, 0.15) is 10.1 Å². The fourth-order valence-electron chi connectivity index (χ4n) is 2.93. The summed E-state index contributed by atoms with van der Waals surface area (Å²) in [5, 5.41) is 3.45. The van der Waals surface area contributed by atoms with Gasteiger partial charge in [-0.3, -0.25) is 14.5 Å². The highest BCUT2D eigenvalue weighted by molar-refractivity contribution is 8.26. The number of amides is 2. The van der Waals surface area contributed by atoms with Crippen LogP contribution in [-0.4, -0.2) is 34.2 Å². The van der Waals surface area contributed by atoms with Gasteiger partial charge < -0.3 is 10.1 Å². The van der Waals surface area contributed by atoms with E-state index in [1.807, 2.05) is 12.1 Å². The Bertz CT molecular complexity index is 1030. The number of rotatable bonds is 9. The fraction of sp³-hybridized carbons (Fsp3) is 0.227. The molecule has 0 aliphatic carbocycles. The molecule has 1 saturated heterocycles. The van der Waals surface area contributed by atoms with E-state index in [1.54, 1.807) is 30.3 Å². The molecular weight excluding hydrogens is 478 g/mol. The number of ether oxygens (including phenoxy) is 1. The summed E-state index contributed by atoms with van der Waals surface area (Å²) < 4.78 is 30.1. The molecule has 1 fully saturated rings. The van der Waals surface area contributed by atoms with Crippen LogP contribution in [-0.2, 0) is 16.1 Å². The van der Waals surface area contributed by atoms with Crippen molar-refractivity contribution < 1.29 is 23.1 Å². The number of hydrogen-bond donors (Lipinski definition) is 1. The van der Waals surface area contributed by atoms with Gasteiger partial charge in [0.15, 0.2) is 0 Å². The zero-order valence-corrected chi connectivity index (χ0v) is 19.1. The molecule has 0 atom stereocenters. The first-order valence-corrected chi connectivity index (χ1v) is 11.2. The summed E-state index contributed by atoms with van der Waals surface area (Å²) in [6.07, 6.45) is 2.14. The molecule has 0 unspecified atom stereocenters. The van der Waals surface area contributed by atoms with Crippen molar-refractivity contribution in [2.75, 3.05) is 6.54 Å². The number of carbonyl (C=O) groups excluding carboxylic acids is 2. The van der Waals surface area contributed by atoms with Crippen molar-refractivity contribution in [3.8, 4) is 5.75 Å². The summed E-state index contributed by atoms with van der Waals surface area (Å²) in [7, 11) is 0. The monoisotopic (exact) mass is 496 g/mol. The Hall–Kier alpha value is -2.49. The van der Waals surface area contributed by atoms with E-state index in [-0.39, 0.29) is 30.5 Å². The average molecular weight is 497 g/mol. The predicted octanol–water partition coefficient (Wildman–Crippen LogP) is 5.24. The molecule has 3 rings (SSSR count). The smallest absolute Gasteiger partial charge is 0.387 e. The molecule has 10 heteroatoms. The number of para-hydroxylation sites is 1. The highest BCUT2D eigenvalue weighted by Crippen LogP contribution is 2.34. The topological polar surface area (TPSA) is 58.6 Å². The second kappa shape index (κ2) is 11.4. The van der Waals surface area contributed by atoms with Crippen molar-refractivity contribution in [3.05, 3.63) is 69.6 Å². The van der Waals surface area contributed by atoms with E-state index in [2.05, 4.69) is 10.1 Å². The van der Waals surface area contributed by atoms with Gasteiger partial charge in [0.2, 0.25) is 5.91 Å². The van der Waals surface area contributed by atoms with E-state index in [0.717, 1.165) is 17.3 Å². The Labute approximate surface area is 198 Å². The molecule has 5 nitrogen and oxygen atoms in total. The third-order valence-electron chi connectivity index (χ3n) is 4.48. The number of carbonyl (C=O) groups is 2. The van der Waals surface area contributed by atoms with Crippen LogP contribution in [0.4, 0.5) is 8.78 Å². The lowest BCUT2D eigenvalue weighted by Crippen LogP contribution is -2.30. The highest BCUT2D eigenvalue weighted by Gasteiger charge is 2.32. The minimum atomic E-state index is -2.97. The minimum absolute atomic E-state index is 0.0230. The quantitative estimate of drug-likeness (QED) is 0.380. The predicted molar refractivity (Wildman–Crippen MR) is 125 cm³/mol. The number of alkyl halides is 2. The van der Waals surface area contributed by atoms with Crippen LogP contribution >= 0.6 is 35.6 Å². The van der Waals surface area contributed by atoms with Crippen LogP contribution in [0.1, 0.15) is 24.0 Å². The first-order valence-electron chi connectivity index (χ1n) is 9.64. The highest BCUT2D eigenvalue weighted by atomic mass is 35.5. The maximum atomic E-state index is 12.7. The largest absolute Gasteiger partial charge is 0.434 e. The molecule has 0 aromatic heterocycles. The molecule has 0 bridgehead atoms. The Kier molecular flexibility index (Phi) is 8.60. The van der Waals surface area contributed by atoms with Gasteiger partial charge in [-0.05, 0) is 36.3 Å². The molecule has 0 radical (unpaired) electrons. The number of halogens is 3. The van der Waals surface area contributed by atoms with E-state index < -0.39 is 6.61 Å². The van der Waals surface area contributed by atoms with Crippen LogP contribution < -0.4 is 10.1 Å². The van der Waals surface area contributed by atoms with Crippen LogP contribution in [0.3, 0.4) is 0 Å². The van der Waals surface area contributed by atoms with Crippen molar-refractivity contribution >= 4 is 57.8 Å². The molecule has 1 heterocycles. The second-order valence-electron chi connectivity index (χ2n) is 6.76. The molecule has 0 saturated carbocycles.